The van der Waals surface area contributed by atoms with E-state index in [0.717, 1.165) is 23.2 Å². The van der Waals surface area contributed by atoms with Crippen LogP contribution in [0.3, 0.4) is 0 Å². The van der Waals surface area contributed by atoms with E-state index in [2.05, 4.69) is 0 Å². The molecular formula is C13H18F2N2O3S. The van der Waals surface area contributed by atoms with Gasteiger partial charge in [-0.1, -0.05) is 6.92 Å². The largest absolute Gasteiger partial charge is 0.396 e. The molecule has 1 heterocycles. The fraction of sp³-hybridized carbons (Fsp3) is 0.538. The molecule has 0 radical (unpaired) electrons. The summed E-state index contributed by atoms with van der Waals surface area (Å²) in [6.45, 7) is 2.56. The van der Waals surface area contributed by atoms with Gasteiger partial charge < -0.3 is 10.5 Å². The summed E-state index contributed by atoms with van der Waals surface area (Å²) in [5.74, 6) is -2.12. The zero-order chi connectivity index (χ0) is 15.6. The maximum Gasteiger partial charge on any atom is 0.246 e. The molecule has 8 heteroatoms. The Hall–Kier alpha value is -1.25. The fourth-order valence-electron chi connectivity index (χ4n) is 2.29. The first-order chi connectivity index (χ1) is 9.86. The number of nitrogens with zero attached hydrogens (tertiary/aromatic N) is 1. The van der Waals surface area contributed by atoms with E-state index in [-0.39, 0.29) is 19.2 Å². The first kappa shape index (κ1) is 16.1. The Morgan fingerprint density at radius 1 is 1.38 bits per heavy atom. The van der Waals surface area contributed by atoms with Crippen LogP contribution in [0.4, 0.5) is 14.5 Å². The van der Waals surface area contributed by atoms with Crippen LogP contribution in [0.15, 0.2) is 17.0 Å². The minimum atomic E-state index is -4.08. The van der Waals surface area contributed by atoms with Crippen LogP contribution in [0, 0.1) is 11.6 Å². The number of anilines is 1. The number of hydrogen-bond acceptors (Lipinski definition) is 4. The predicted octanol–water partition coefficient (Wildman–Crippen LogP) is 1.74. The average Bonchev–Trinajstić information content (AvgIpc) is 2.92. The number of nitrogen functional groups attached to an aromatic ring is 1. The summed E-state index contributed by atoms with van der Waals surface area (Å²) >= 11 is 0. The van der Waals surface area contributed by atoms with Gasteiger partial charge in [-0.05, 0) is 18.9 Å². The van der Waals surface area contributed by atoms with Crippen molar-refractivity contribution in [2.75, 3.05) is 25.4 Å². The summed E-state index contributed by atoms with van der Waals surface area (Å²) in [5.41, 5.74) is 4.94. The van der Waals surface area contributed by atoms with Crippen LogP contribution in [0.2, 0.25) is 0 Å². The smallest absolute Gasteiger partial charge is 0.246 e. The van der Waals surface area contributed by atoms with E-state index < -0.39 is 32.2 Å². The lowest BCUT2D eigenvalue weighted by Crippen LogP contribution is -2.37. The Morgan fingerprint density at radius 2 is 2.10 bits per heavy atom. The molecule has 0 saturated carbocycles. The number of likely N-dealkylation sites (N-methyl/N-ethyl adjacent to an activating group) is 1. The highest BCUT2D eigenvalue weighted by molar-refractivity contribution is 7.89. The molecule has 0 spiro atoms. The van der Waals surface area contributed by atoms with E-state index in [1.807, 2.05) is 0 Å². The molecule has 1 unspecified atom stereocenters. The van der Waals surface area contributed by atoms with Gasteiger partial charge in [0.2, 0.25) is 10.0 Å². The Labute approximate surface area is 122 Å². The van der Waals surface area contributed by atoms with Gasteiger partial charge in [0.1, 0.15) is 16.5 Å². The van der Waals surface area contributed by atoms with Crippen molar-refractivity contribution in [3.05, 3.63) is 23.8 Å². The van der Waals surface area contributed by atoms with E-state index in [4.69, 9.17) is 10.5 Å². The van der Waals surface area contributed by atoms with E-state index in [9.17, 15) is 17.2 Å². The number of ether oxygens (including phenoxy) is 1. The fourth-order valence-corrected chi connectivity index (χ4v) is 3.86. The Balaban J connectivity index is 2.32. The van der Waals surface area contributed by atoms with Crippen LogP contribution >= 0.6 is 0 Å². The van der Waals surface area contributed by atoms with E-state index in [1.165, 1.54) is 0 Å². The van der Waals surface area contributed by atoms with Gasteiger partial charge in [-0.25, -0.2) is 17.2 Å². The molecule has 1 aliphatic rings. The van der Waals surface area contributed by atoms with Crippen molar-refractivity contribution >= 4 is 15.7 Å². The van der Waals surface area contributed by atoms with Crippen molar-refractivity contribution in [1.82, 2.24) is 4.31 Å². The SMILES string of the molecule is CCN(CC1CCCO1)S(=O)(=O)c1cc(N)c(F)cc1F. The van der Waals surface area contributed by atoms with E-state index >= 15 is 0 Å². The maximum absolute atomic E-state index is 13.8. The molecule has 2 rings (SSSR count). The molecule has 0 bridgehead atoms. The number of nitrogens with two attached hydrogens (primary N) is 1. The zero-order valence-electron chi connectivity index (χ0n) is 11.7. The average molecular weight is 320 g/mol. The van der Waals surface area contributed by atoms with E-state index in [1.54, 1.807) is 6.92 Å². The molecule has 1 fully saturated rings. The van der Waals surface area contributed by atoms with Gasteiger partial charge in [-0.2, -0.15) is 4.31 Å². The lowest BCUT2D eigenvalue weighted by molar-refractivity contribution is 0.0946. The summed E-state index contributed by atoms with van der Waals surface area (Å²) in [6, 6.07) is 1.31. The Bertz CT molecular complexity index is 616. The molecule has 1 aromatic rings. The normalized spacial score (nSPS) is 19.3. The van der Waals surface area contributed by atoms with Crippen molar-refractivity contribution in [1.29, 1.82) is 0 Å². The second kappa shape index (κ2) is 6.25. The van der Waals surface area contributed by atoms with Crippen molar-refractivity contribution in [3.8, 4) is 0 Å². The molecule has 0 aromatic heterocycles. The molecule has 0 aliphatic carbocycles. The van der Waals surface area contributed by atoms with Crippen LogP contribution in [0.5, 0.6) is 0 Å². The molecule has 21 heavy (non-hydrogen) atoms. The minimum absolute atomic E-state index is 0.148. The van der Waals surface area contributed by atoms with Crippen LogP contribution in [-0.4, -0.2) is 38.5 Å². The highest BCUT2D eigenvalue weighted by Gasteiger charge is 2.30. The molecule has 2 N–H and O–H groups in total. The molecule has 1 aliphatic heterocycles. The van der Waals surface area contributed by atoms with Gasteiger partial charge in [-0.3, -0.25) is 0 Å². The van der Waals surface area contributed by atoms with Crippen molar-refractivity contribution < 1.29 is 21.9 Å². The summed E-state index contributed by atoms with van der Waals surface area (Å²) in [7, 11) is -4.08. The predicted molar refractivity (Wildman–Crippen MR) is 74.2 cm³/mol. The topological polar surface area (TPSA) is 72.6 Å². The maximum atomic E-state index is 13.8. The summed E-state index contributed by atoms with van der Waals surface area (Å²) in [5, 5.41) is 0. The van der Waals surface area contributed by atoms with Crippen molar-refractivity contribution in [2.45, 2.75) is 30.8 Å². The second-order valence-corrected chi connectivity index (χ2v) is 6.80. The third-order valence-corrected chi connectivity index (χ3v) is 5.41. The van der Waals surface area contributed by atoms with Gasteiger partial charge in [-0.15, -0.1) is 0 Å². The first-order valence-corrected chi connectivity index (χ1v) is 8.16. The van der Waals surface area contributed by atoms with Crippen molar-refractivity contribution in [3.63, 3.8) is 0 Å². The first-order valence-electron chi connectivity index (χ1n) is 6.72. The van der Waals surface area contributed by atoms with Gasteiger partial charge in [0.05, 0.1) is 11.8 Å². The van der Waals surface area contributed by atoms with Crippen LogP contribution in [0.1, 0.15) is 19.8 Å². The Kier molecular flexibility index (Phi) is 4.80. The monoisotopic (exact) mass is 320 g/mol. The molecular weight excluding hydrogens is 302 g/mol. The minimum Gasteiger partial charge on any atom is -0.396 e. The van der Waals surface area contributed by atoms with Gasteiger partial charge in [0, 0.05) is 25.8 Å². The highest BCUT2D eigenvalue weighted by Crippen LogP contribution is 2.25. The zero-order valence-corrected chi connectivity index (χ0v) is 12.5. The quantitative estimate of drug-likeness (QED) is 0.839. The molecule has 1 aromatic carbocycles. The third kappa shape index (κ3) is 3.33. The number of halogens is 2. The standard InChI is InChI=1S/C13H18F2N2O3S/c1-2-17(8-9-4-3-5-20-9)21(18,19)13-7-12(16)10(14)6-11(13)15/h6-7,9H,2-5,8,16H2,1H3. The summed E-state index contributed by atoms with van der Waals surface area (Å²) in [6.07, 6.45) is 1.45. The van der Waals surface area contributed by atoms with Crippen molar-refractivity contribution in [2.24, 2.45) is 0 Å². The highest BCUT2D eigenvalue weighted by atomic mass is 32.2. The lowest BCUT2D eigenvalue weighted by Gasteiger charge is -2.23. The van der Waals surface area contributed by atoms with Crippen LogP contribution in [-0.2, 0) is 14.8 Å². The Morgan fingerprint density at radius 3 is 2.67 bits per heavy atom. The third-order valence-electron chi connectivity index (χ3n) is 3.45. The molecule has 118 valence electrons. The molecule has 5 nitrogen and oxygen atoms in total. The second-order valence-electron chi connectivity index (χ2n) is 4.89. The number of sulfonamides is 1. The van der Waals surface area contributed by atoms with Crippen LogP contribution < -0.4 is 5.73 Å². The van der Waals surface area contributed by atoms with Crippen LogP contribution in [0.25, 0.3) is 0 Å². The summed E-state index contributed by atoms with van der Waals surface area (Å²) in [4.78, 5) is -0.610. The molecule has 1 saturated heterocycles. The summed E-state index contributed by atoms with van der Waals surface area (Å²) < 4.78 is 58.5. The van der Waals surface area contributed by atoms with Gasteiger partial charge in [0.25, 0.3) is 0 Å². The van der Waals surface area contributed by atoms with Gasteiger partial charge in [0.15, 0.2) is 0 Å². The number of hydrogen-bond donors (Lipinski definition) is 1. The number of benzene rings is 1. The van der Waals surface area contributed by atoms with Gasteiger partial charge >= 0.3 is 0 Å². The lowest BCUT2D eigenvalue weighted by atomic mass is 10.2. The molecule has 0 amide bonds. The van der Waals surface area contributed by atoms with E-state index in [0.29, 0.717) is 12.7 Å². The number of rotatable bonds is 5. The molecule has 1 atom stereocenters.